The topological polar surface area (TPSA) is 77.3 Å². The molecule has 0 bridgehead atoms. The molecular weight excluding hydrogens is 302 g/mol. The van der Waals surface area contributed by atoms with Crippen molar-refractivity contribution < 1.29 is 9.66 Å². The van der Waals surface area contributed by atoms with Crippen LogP contribution in [0.25, 0.3) is 0 Å². The molecule has 0 saturated heterocycles. The molecule has 0 fully saturated rings. The quantitative estimate of drug-likeness (QED) is 0.453. The Hall–Kier alpha value is -1.21. The number of halogens is 1. The number of unbranched alkanes of at least 4 members (excludes halogenated alkanes) is 1. The third-order valence-corrected chi connectivity index (χ3v) is 2.87. The highest BCUT2D eigenvalue weighted by molar-refractivity contribution is 9.10. The third-order valence-electron chi connectivity index (χ3n) is 2.27. The van der Waals surface area contributed by atoms with Crippen molar-refractivity contribution in [3.8, 4) is 0 Å². The Bertz CT molecular complexity index is 401. The molecule has 0 aliphatic carbocycles. The van der Waals surface area contributed by atoms with E-state index in [-0.39, 0.29) is 5.69 Å². The molecule has 0 saturated carbocycles. The fourth-order valence-electron chi connectivity index (χ4n) is 1.33. The van der Waals surface area contributed by atoms with Crippen LogP contribution in [0.4, 0.5) is 11.4 Å². The van der Waals surface area contributed by atoms with Gasteiger partial charge in [-0.3, -0.25) is 15.1 Å². The summed E-state index contributed by atoms with van der Waals surface area (Å²) in [7, 11) is 0. The Labute approximate surface area is 114 Å². The van der Waals surface area contributed by atoms with E-state index in [2.05, 4.69) is 33.2 Å². The second-order valence-corrected chi connectivity index (χ2v) is 4.52. The number of nitro groups is 1. The van der Waals surface area contributed by atoms with Crippen LogP contribution in [-0.4, -0.2) is 29.7 Å². The molecule has 0 spiro atoms. The van der Waals surface area contributed by atoms with E-state index in [0.717, 1.165) is 19.4 Å². The summed E-state index contributed by atoms with van der Waals surface area (Å²) in [6.07, 6.45) is 4.87. The fourth-order valence-corrected chi connectivity index (χ4v) is 1.80. The SMILES string of the molecule is CCCCOCCNc1c(Br)cncc1[N+](=O)[O-]. The highest BCUT2D eigenvalue weighted by atomic mass is 79.9. The lowest BCUT2D eigenvalue weighted by molar-refractivity contribution is -0.384. The largest absolute Gasteiger partial charge is 0.380 e. The van der Waals surface area contributed by atoms with Gasteiger partial charge in [0.15, 0.2) is 0 Å². The zero-order valence-electron chi connectivity index (χ0n) is 10.2. The van der Waals surface area contributed by atoms with E-state index in [1.165, 1.54) is 12.4 Å². The average Bonchev–Trinajstić information content (AvgIpc) is 2.34. The van der Waals surface area contributed by atoms with Gasteiger partial charge < -0.3 is 10.1 Å². The van der Waals surface area contributed by atoms with Crippen LogP contribution >= 0.6 is 15.9 Å². The molecule has 6 nitrogen and oxygen atoms in total. The summed E-state index contributed by atoms with van der Waals surface area (Å²) < 4.78 is 5.95. The lowest BCUT2D eigenvalue weighted by Crippen LogP contribution is -2.11. The smallest absolute Gasteiger partial charge is 0.311 e. The predicted octanol–water partition coefficient (Wildman–Crippen LogP) is 2.98. The number of hydrogen-bond acceptors (Lipinski definition) is 5. The van der Waals surface area contributed by atoms with E-state index in [1.807, 2.05) is 0 Å². The van der Waals surface area contributed by atoms with Crippen molar-refractivity contribution in [3.63, 3.8) is 0 Å². The van der Waals surface area contributed by atoms with Crippen molar-refractivity contribution in [3.05, 3.63) is 27.0 Å². The molecule has 0 atom stereocenters. The number of anilines is 1. The van der Waals surface area contributed by atoms with E-state index in [1.54, 1.807) is 0 Å². The van der Waals surface area contributed by atoms with Crippen molar-refractivity contribution in [2.24, 2.45) is 0 Å². The Morgan fingerprint density at radius 3 is 2.94 bits per heavy atom. The predicted molar refractivity (Wildman–Crippen MR) is 72.8 cm³/mol. The Kier molecular flexibility index (Phi) is 6.59. The summed E-state index contributed by atoms with van der Waals surface area (Å²) in [4.78, 5) is 14.1. The normalized spacial score (nSPS) is 10.3. The molecule has 7 heteroatoms. The highest BCUT2D eigenvalue weighted by Gasteiger charge is 2.16. The molecule has 1 aromatic heterocycles. The molecule has 100 valence electrons. The molecule has 0 unspecified atom stereocenters. The minimum absolute atomic E-state index is 0.0436. The molecular formula is C11H16BrN3O3. The van der Waals surface area contributed by atoms with E-state index in [4.69, 9.17) is 4.74 Å². The minimum Gasteiger partial charge on any atom is -0.380 e. The van der Waals surface area contributed by atoms with Gasteiger partial charge in [-0.15, -0.1) is 0 Å². The van der Waals surface area contributed by atoms with Crippen LogP contribution in [0.5, 0.6) is 0 Å². The molecule has 1 heterocycles. The van der Waals surface area contributed by atoms with Crippen molar-refractivity contribution >= 4 is 27.3 Å². The van der Waals surface area contributed by atoms with Crippen LogP contribution in [0, 0.1) is 10.1 Å². The van der Waals surface area contributed by atoms with Crippen LogP contribution in [0.15, 0.2) is 16.9 Å². The molecule has 0 amide bonds. The van der Waals surface area contributed by atoms with Gasteiger partial charge in [0.1, 0.15) is 11.9 Å². The zero-order chi connectivity index (χ0) is 13.4. The van der Waals surface area contributed by atoms with Crippen LogP contribution < -0.4 is 5.32 Å². The van der Waals surface area contributed by atoms with Crippen LogP contribution in [0.3, 0.4) is 0 Å². The number of pyridine rings is 1. The Morgan fingerprint density at radius 2 is 2.28 bits per heavy atom. The summed E-state index contributed by atoms with van der Waals surface area (Å²) in [6.45, 7) is 3.86. The first-order valence-corrected chi connectivity index (χ1v) is 6.55. The fraction of sp³-hybridized carbons (Fsp3) is 0.545. The van der Waals surface area contributed by atoms with Gasteiger partial charge in [-0.05, 0) is 22.4 Å². The van der Waals surface area contributed by atoms with Crippen molar-refractivity contribution in [1.82, 2.24) is 4.98 Å². The molecule has 0 aliphatic heterocycles. The van der Waals surface area contributed by atoms with Crippen molar-refractivity contribution in [2.75, 3.05) is 25.1 Å². The number of hydrogen-bond donors (Lipinski definition) is 1. The first-order chi connectivity index (χ1) is 8.66. The van der Waals surface area contributed by atoms with Crippen LogP contribution in [0.1, 0.15) is 19.8 Å². The average molecular weight is 318 g/mol. The third kappa shape index (κ3) is 4.58. The monoisotopic (exact) mass is 317 g/mol. The number of ether oxygens (including phenoxy) is 1. The molecule has 1 aromatic rings. The minimum atomic E-state index is -0.460. The maximum absolute atomic E-state index is 10.8. The Morgan fingerprint density at radius 1 is 1.50 bits per heavy atom. The van der Waals surface area contributed by atoms with Gasteiger partial charge in [-0.25, -0.2) is 0 Å². The standard InChI is InChI=1S/C11H16BrN3O3/c1-2-3-5-18-6-4-14-11-9(12)7-13-8-10(11)15(16)17/h7-8H,2-6H2,1H3,(H,13,14). The van der Waals surface area contributed by atoms with Gasteiger partial charge in [0.05, 0.1) is 16.0 Å². The van der Waals surface area contributed by atoms with E-state index < -0.39 is 4.92 Å². The van der Waals surface area contributed by atoms with Crippen molar-refractivity contribution in [1.29, 1.82) is 0 Å². The molecule has 18 heavy (non-hydrogen) atoms. The maximum Gasteiger partial charge on any atom is 0.311 e. The molecule has 0 aliphatic rings. The molecule has 1 N–H and O–H groups in total. The number of nitrogens with one attached hydrogen (secondary N) is 1. The summed E-state index contributed by atoms with van der Waals surface area (Å²) in [6, 6.07) is 0. The molecule has 1 rings (SSSR count). The summed E-state index contributed by atoms with van der Waals surface area (Å²) >= 11 is 3.24. The Balaban J connectivity index is 2.48. The number of nitrogens with zero attached hydrogens (tertiary/aromatic N) is 2. The first kappa shape index (κ1) is 14.8. The van der Waals surface area contributed by atoms with Crippen LogP contribution in [0.2, 0.25) is 0 Å². The maximum atomic E-state index is 10.8. The van der Waals surface area contributed by atoms with Crippen LogP contribution in [-0.2, 0) is 4.74 Å². The summed E-state index contributed by atoms with van der Waals surface area (Å²) in [5.74, 6) is 0. The first-order valence-electron chi connectivity index (χ1n) is 5.76. The second-order valence-electron chi connectivity index (χ2n) is 3.67. The molecule has 0 radical (unpaired) electrons. The van der Waals surface area contributed by atoms with Gasteiger partial charge in [0, 0.05) is 19.3 Å². The lowest BCUT2D eigenvalue weighted by atomic mass is 10.3. The summed E-state index contributed by atoms with van der Waals surface area (Å²) in [5.41, 5.74) is 0.395. The second kappa shape index (κ2) is 7.99. The number of aromatic nitrogens is 1. The van der Waals surface area contributed by atoms with Gasteiger partial charge in [-0.2, -0.15) is 0 Å². The molecule has 0 aromatic carbocycles. The van der Waals surface area contributed by atoms with Gasteiger partial charge in [-0.1, -0.05) is 13.3 Å². The number of rotatable bonds is 8. The van der Waals surface area contributed by atoms with Gasteiger partial charge >= 0.3 is 5.69 Å². The van der Waals surface area contributed by atoms with E-state index in [0.29, 0.717) is 23.3 Å². The highest BCUT2D eigenvalue weighted by Crippen LogP contribution is 2.30. The van der Waals surface area contributed by atoms with E-state index in [9.17, 15) is 10.1 Å². The van der Waals surface area contributed by atoms with Gasteiger partial charge in [0.2, 0.25) is 0 Å². The lowest BCUT2D eigenvalue weighted by Gasteiger charge is -2.08. The van der Waals surface area contributed by atoms with Crippen molar-refractivity contribution in [2.45, 2.75) is 19.8 Å². The summed E-state index contributed by atoms with van der Waals surface area (Å²) in [5, 5.41) is 13.8. The zero-order valence-corrected chi connectivity index (χ0v) is 11.8. The van der Waals surface area contributed by atoms with Gasteiger partial charge in [0.25, 0.3) is 0 Å². The van der Waals surface area contributed by atoms with E-state index >= 15 is 0 Å².